The van der Waals surface area contributed by atoms with Crippen molar-refractivity contribution in [2.24, 2.45) is 0 Å². The van der Waals surface area contributed by atoms with Gasteiger partial charge in [0.15, 0.2) is 0 Å². The Kier molecular flexibility index (Phi) is 8.39. The summed E-state index contributed by atoms with van der Waals surface area (Å²) in [4.78, 5) is 2.36. The lowest BCUT2D eigenvalue weighted by Gasteiger charge is -2.26. The van der Waals surface area contributed by atoms with Crippen molar-refractivity contribution >= 4 is 81.3 Å². The molecule has 0 aliphatic heterocycles. The fraction of sp³-hybridized carbons (Fsp3) is 0. The summed E-state index contributed by atoms with van der Waals surface area (Å²) in [6, 6.07) is 81.0. The van der Waals surface area contributed by atoms with Gasteiger partial charge in [-0.25, -0.2) is 0 Å². The Labute approximate surface area is 357 Å². The van der Waals surface area contributed by atoms with Crippen molar-refractivity contribution in [1.82, 2.24) is 0 Å². The summed E-state index contributed by atoms with van der Waals surface area (Å²) in [6.07, 6.45) is 0. The van der Waals surface area contributed by atoms with E-state index in [1.54, 1.807) is 0 Å². The Balaban J connectivity index is 1.01. The number of hydrogen-bond acceptors (Lipinski definition) is 3. The maximum Gasteiger partial charge on any atom is 0.143 e. The Morgan fingerprint density at radius 1 is 0.328 bits per heavy atom. The molecule has 10 aromatic carbocycles. The highest BCUT2D eigenvalue weighted by Gasteiger charge is 2.22. The van der Waals surface area contributed by atoms with E-state index >= 15 is 0 Å². The summed E-state index contributed by atoms with van der Waals surface area (Å²) in [5.41, 5.74) is 14.6. The minimum atomic E-state index is 0.905. The maximum atomic E-state index is 6.44. The minimum Gasteiger partial charge on any atom is -0.455 e. The van der Waals surface area contributed by atoms with E-state index in [9.17, 15) is 0 Å². The molecule has 2 nitrogen and oxygen atoms in total. The first kappa shape index (κ1) is 35.2. The third-order valence-electron chi connectivity index (χ3n) is 12.1. The van der Waals surface area contributed by atoms with E-state index in [2.05, 4.69) is 217 Å². The van der Waals surface area contributed by atoms with Crippen molar-refractivity contribution in [1.29, 1.82) is 0 Å². The largest absolute Gasteiger partial charge is 0.455 e. The van der Waals surface area contributed by atoms with Crippen LogP contribution in [0.25, 0.3) is 97.4 Å². The van der Waals surface area contributed by atoms with E-state index in [4.69, 9.17) is 4.42 Å². The van der Waals surface area contributed by atoms with Crippen molar-refractivity contribution in [3.05, 3.63) is 224 Å². The first-order valence-electron chi connectivity index (χ1n) is 20.7. The van der Waals surface area contributed by atoms with E-state index < -0.39 is 0 Å². The third-order valence-corrected chi connectivity index (χ3v) is 13.3. The molecule has 2 heterocycles. The van der Waals surface area contributed by atoms with Crippen molar-refractivity contribution < 1.29 is 4.42 Å². The fourth-order valence-electron chi connectivity index (χ4n) is 9.26. The molecular weight excluding hydrogens is 759 g/mol. The van der Waals surface area contributed by atoms with Crippen LogP contribution in [0, 0.1) is 0 Å². The van der Waals surface area contributed by atoms with Gasteiger partial charge in [0.1, 0.15) is 11.2 Å². The SMILES string of the molecule is c1ccc(-c2ccc(N(c3ccc(-c4c(-c5ccccc5)c5c6ccccc6sc5c5ccccc45)cc3)c3ccc(-c4cccc5c4oc4ccccc45)cc3)cc2)cc1. The van der Waals surface area contributed by atoms with Crippen LogP contribution < -0.4 is 4.90 Å². The number of anilines is 3. The summed E-state index contributed by atoms with van der Waals surface area (Å²) >= 11 is 1.89. The number of hydrogen-bond donors (Lipinski definition) is 0. The zero-order valence-corrected chi connectivity index (χ0v) is 33.9. The molecule has 12 aromatic rings. The summed E-state index contributed by atoms with van der Waals surface area (Å²) in [5, 5.41) is 7.44. The van der Waals surface area contributed by atoms with Crippen LogP contribution in [-0.4, -0.2) is 0 Å². The quantitative estimate of drug-likeness (QED) is 0.160. The van der Waals surface area contributed by atoms with Crippen molar-refractivity contribution in [3.63, 3.8) is 0 Å². The van der Waals surface area contributed by atoms with Gasteiger partial charge in [-0.3, -0.25) is 0 Å². The zero-order chi connectivity index (χ0) is 40.3. The molecule has 0 saturated heterocycles. The van der Waals surface area contributed by atoms with Crippen molar-refractivity contribution in [2.75, 3.05) is 4.90 Å². The number of fused-ring (bicyclic) bond motifs is 8. The van der Waals surface area contributed by atoms with E-state index in [1.807, 2.05) is 23.5 Å². The molecule has 0 aliphatic carbocycles. The molecule has 0 N–H and O–H groups in total. The molecule has 0 unspecified atom stereocenters. The first-order valence-corrected chi connectivity index (χ1v) is 21.6. The van der Waals surface area contributed by atoms with Crippen LogP contribution in [-0.2, 0) is 0 Å². The monoisotopic (exact) mass is 795 g/mol. The minimum absolute atomic E-state index is 0.905. The van der Waals surface area contributed by atoms with Crippen LogP contribution in [0.15, 0.2) is 229 Å². The summed E-state index contributed by atoms with van der Waals surface area (Å²) in [6.45, 7) is 0. The molecule has 0 saturated carbocycles. The molecule has 61 heavy (non-hydrogen) atoms. The summed E-state index contributed by atoms with van der Waals surface area (Å²) < 4.78 is 9.08. The number of para-hydroxylation sites is 2. The molecule has 0 spiro atoms. The van der Waals surface area contributed by atoms with Gasteiger partial charge >= 0.3 is 0 Å². The van der Waals surface area contributed by atoms with E-state index in [0.29, 0.717) is 0 Å². The molecule has 2 aromatic heterocycles. The van der Waals surface area contributed by atoms with E-state index in [0.717, 1.165) is 50.1 Å². The second-order valence-electron chi connectivity index (χ2n) is 15.6. The maximum absolute atomic E-state index is 6.44. The number of thiophene rings is 1. The highest BCUT2D eigenvalue weighted by atomic mass is 32.1. The lowest BCUT2D eigenvalue weighted by Crippen LogP contribution is -2.09. The average molecular weight is 796 g/mol. The molecule has 3 heteroatoms. The lowest BCUT2D eigenvalue weighted by molar-refractivity contribution is 0.670. The molecule has 0 aliphatic rings. The zero-order valence-electron chi connectivity index (χ0n) is 33.1. The van der Waals surface area contributed by atoms with Gasteiger partial charge in [0.05, 0.1) is 0 Å². The van der Waals surface area contributed by atoms with Gasteiger partial charge in [0, 0.05) is 59.0 Å². The predicted molar refractivity (Wildman–Crippen MR) is 261 cm³/mol. The topological polar surface area (TPSA) is 16.4 Å². The smallest absolute Gasteiger partial charge is 0.143 e. The van der Waals surface area contributed by atoms with Crippen LogP contribution in [0.3, 0.4) is 0 Å². The van der Waals surface area contributed by atoms with Gasteiger partial charge in [-0.15, -0.1) is 11.3 Å². The summed E-state index contributed by atoms with van der Waals surface area (Å²) in [7, 11) is 0. The Bertz CT molecular complexity index is 3550. The Morgan fingerprint density at radius 2 is 0.820 bits per heavy atom. The second kappa shape index (κ2) is 14.5. The van der Waals surface area contributed by atoms with E-state index in [-0.39, 0.29) is 0 Å². The molecule has 0 atom stereocenters. The highest BCUT2D eigenvalue weighted by molar-refractivity contribution is 7.26. The molecular formula is C58H37NOS. The molecule has 0 amide bonds. The molecule has 0 fully saturated rings. The molecule has 286 valence electrons. The highest BCUT2D eigenvalue weighted by Crippen LogP contribution is 2.50. The van der Waals surface area contributed by atoms with E-state index in [1.165, 1.54) is 64.3 Å². The van der Waals surface area contributed by atoms with Crippen molar-refractivity contribution in [3.8, 4) is 44.5 Å². The summed E-state index contributed by atoms with van der Waals surface area (Å²) in [5.74, 6) is 0. The van der Waals surface area contributed by atoms with Crippen LogP contribution in [0.1, 0.15) is 0 Å². The number of rotatable bonds is 7. The normalized spacial score (nSPS) is 11.6. The van der Waals surface area contributed by atoms with Gasteiger partial charge < -0.3 is 9.32 Å². The van der Waals surface area contributed by atoms with Crippen LogP contribution in [0.4, 0.5) is 17.1 Å². The van der Waals surface area contributed by atoms with Crippen LogP contribution >= 0.6 is 11.3 Å². The molecule has 0 bridgehead atoms. The predicted octanol–water partition coefficient (Wildman–Crippen LogP) is 17.2. The average Bonchev–Trinajstić information content (AvgIpc) is 3.92. The second-order valence-corrected chi connectivity index (χ2v) is 16.6. The molecule has 0 radical (unpaired) electrons. The number of furan rings is 1. The number of benzene rings is 10. The lowest BCUT2D eigenvalue weighted by atomic mass is 9.86. The van der Waals surface area contributed by atoms with Crippen LogP contribution in [0.2, 0.25) is 0 Å². The molecule has 12 rings (SSSR count). The van der Waals surface area contributed by atoms with Crippen LogP contribution in [0.5, 0.6) is 0 Å². The fourth-order valence-corrected chi connectivity index (χ4v) is 10.5. The van der Waals surface area contributed by atoms with Crippen molar-refractivity contribution in [2.45, 2.75) is 0 Å². The Morgan fingerprint density at radius 3 is 1.51 bits per heavy atom. The number of nitrogens with zero attached hydrogens (tertiary/aromatic N) is 1. The van der Waals surface area contributed by atoms with Gasteiger partial charge in [-0.2, -0.15) is 0 Å². The standard InChI is InChI=1S/C58H37NOS/c1-3-14-38(15-4-1)39-26-32-43(33-27-39)59(44-34-28-40(29-35-44)46-22-13-23-49-47-18-9-11-24-52(47)60-57(46)49)45-36-30-42(31-37-45)54-48-19-7-8-20-50(48)58-56(51-21-10-12-25-53(51)61-58)55(54)41-16-5-2-6-17-41/h1-37H. The third kappa shape index (κ3) is 5.93. The van der Waals surface area contributed by atoms with Gasteiger partial charge in [-0.05, 0) is 92.9 Å². The van der Waals surface area contributed by atoms with Gasteiger partial charge in [0.25, 0.3) is 0 Å². The van der Waals surface area contributed by atoms with Gasteiger partial charge in [-0.1, -0.05) is 176 Å². The first-order chi connectivity index (χ1) is 30.3. The van der Waals surface area contributed by atoms with Gasteiger partial charge in [0.2, 0.25) is 0 Å². The Hall–Kier alpha value is -7.72.